The van der Waals surface area contributed by atoms with Crippen LogP contribution in [-0.2, 0) is 6.54 Å². The fourth-order valence-corrected chi connectivity index (χ4v) is 2.02. The van der Waals surface area contributed by atoms with Crippen molar-refractivity contribution in [3.05, 3.63) is 56.3 Å². The zero-order valence-corrected chi connectivity index (χ0v) is 11.0. The normalized spacial score (nSPS) is 10.5. The summed E-state index contributed by atoms with van der Waals surface area (Å²) in [6.45, 7) is 2.17. The average molecular weight is 293 g/mol. The van der Waals surface area contributed by atoms with E-state index in [1.165, 1.54) is 0 Å². The number of aryl methyl sites for hydroxylation is 1. The zero-order chi connectivity index (χ0) is 12.4. The number of nitrogens with one attached hydrogen (secondary N) is 1. The highest BCUT2D eigenvalue weighted by Gasteiger charge is 2.06. The minimum absolute atomic E-state index is 0.106. The molecule has 2 rings (SSSR count). The third kappa shape index (κ3) is 2.48. The molecule has 0 unspecified atom stereocenters. The summed E-state index contributed by atoms with van der Waals surface area (Å²) in [5.41, 5.74) is 8.80. The maximum absolute atomic E-state index is 11.8. The van der Waals surface area contributed by atoms with E-state index in [9.17, 15) is 4.79 Å². The number of hydrogen-bond donors (Lipinski definition) is 2. The minimum Gasteiger partial charge on any atom is -0.326 e. The number of benzene rings is 1. The lowest BCUT2D eigenvalue weighted by Crippen LogP contribution is -2.18. The van der Waals surface area contributed by atoms with E-state index in [-0.39, 0.29) is 12.1 Å². The first-order chi connectivity index (χ1) is 8.11. The van der Waals surface area contributed by atoms with Crippen molar-refractivity contribution >= 4 is 15.9 Å². The number of pyridine rings is 1. The number of rotatable bonds is 2. The fraction of sp³-hybridized carbons (Fsp3) is 0.154. The van der Waals surface area contributed by atoms with Crippen LogP contribution in [0.1, 0.15) is 11.1 Å². The molecule has 1 heterocycles. The molecular formula is C13H13BrN2O. The largest absolute Gasteiger partial charge is 0.326 e. The topological polar surface area (TPSA) is 58.9 Å². The van der Waals surface area contributed by atoms with Crippen LogP contribution in [0.3, 0.4) is 0 Å². The van der Waals surface area contributed by atoms with Gasteiger partial charge in [-0.15, -0.1) is 0 Å². The van der Waals surface area contributed by atoms with Crippen LogP contribution >= 0.6 is 15.9 Å². The maximum atomic E-state index is 11.8. The van der Waals surface area contributed by atoms with Crippen LogP contribution in [0.25, 0.3) is 11.3 Å². The molecule has 0 bridgehead atoms. The van der Waals surface area contributed by atoms with Crippen LogP contribution in [0.15, 0.2) is 39.6 Å². The molecule has 3 N–H and O–H groups in total. The Morgan fingerprint density at radius 1 is 1.29 bits per heavy atom. The first-order valence-electron chi connectivity index (χ1n) is 5.30. The maximum Gasteiger partial charge on any atom is 0.253 e. The Morgan fingerprint density at radius 3 is 2.47 bits per heavy atom. The predicted octanol–water partition coefficient (Wildman–Crippen LogP) is 2.57. The Morgan fingerprint density at radius 2 is 1.94 bits per heavy atom. The smallest absolute Gasteiger partial charge is 0.253 e. The molecule has 0 amide bonds. The van der Waals surface area contributed by atoms with Gasteiger partial charge in [0.25, 0.3) is 5.56 Å². The Labute approximate surface area is 108 Å². The number of H-pyrrole nitrogens is 1. The molecule has 4 heteroatoms. The molecule has 0 spiro atoms. The van der Waals surface area contributed by atoms with E-state index in [2.05, 4.69) is 20.9 Å². The van der Waals surface area contributed by atoms with E-state index >= 15 is 0 Å². The summed E-state index contributed by atoms with van der Waals surface area (Å²) in [5, 5.41) is 0. The second-order valence-electron chi connectivity index (χ2n) is 3.88. The number of nitrogens with two attached hydrogens (primary N) is 1. The van der Waals surface area contributed by atoms with Crippen molar-refractivity contribution in [1.82, 2.24) is 4.98 Å². The van der Waals surface area contributed by atoms with Gasteiger partial charge in [-0.05, 0) is 36.2 Å². The fourth-order valence-electron chi connectivity index (χ4n) is 1.76. The van der Waals surface area contributed by atoms with E-state index in [1.54, 1.807) is 0 Å². The monoisotopic (exact) mass is 292 g/mol. The van der Waals surface area contributed by atoms with Crippen LogP contribution in [0.2, 0.25) is 0 Å². The molecule has 1 aromatic heterocycles. The number of hydrogen-bond acceptors (Lipinski definition) is 2. The van der Waals surface area contributed by atoms with Crippen molar-refractivity contribution in [3.8, 4) is 11.3 Å². The SMILES string of the molecule is Cc1cc(-c2ccc(Br)cc2)[nH]c(=O)c1CN. The summed E-state index contributed by atoms with van der Waals surface area (Å²) in [6, 6.07) is 9.75. The molecule has 0 radical (unpaired) electrons. The standard InChI is InChI=1S/C13H13BrN2O/c1-8-6-12(16-13(17)11(8)7-15)9-2-4-10(14)5-3-9/h2-6H,7,15H2,1H3,(H,16,17). The molecule has 0 aliphatic heterocycles. The van der Waals surface area contributed by atoms with E-state index in [4.69, 9.17) is 5.73 Å². The number of aromatic nitrogens is 1. The van der Waals surface area contributed by atoms with Gasteiger partial charge in [-0.2, -0.15) is 0 Å². The van der Waals surface area contributed by atoms with Crippen molar-refractivity contribution in [1.29, 1.82) is 0 Å². The molecular weight excluding hydrogens is 280 g/mol. The number of aromatic amines is 1. The van der Waals surface area contributed by atoms with Crippen LogP contribution in [0.4, 0.5) is 0 Å². The molecule has 2 aromatic rings. The van der Waals surface area contributed by atoms with Crippen LogP contribution in [0, 0.1) is 6.92 Å². The Kier molecular flexibility index (Phi) is 3.45. The average Bonchev–Trinajstić information content (AvgIpc) is 2.29. The number of halogens is 1. The summed E-state index contributed by atoms with van der Waals surface area (Å²) >= 11 is 3.38. The molecule has 88 valence electrons. The Bertz CT molecular complexity index is 587. The molecule has 17 heavy (non-hydrogen) atoms. The predicted molar refractivity (Wildman–Crippen MR) is 72.8 cm³/mol. The van der Waals surface area contributed by atoms with Gasteiger partial charge < -0.3 is 10.7 Å². The van der Waals surface area contributed by atoms with Crippen molar-refractivity contribution < 1.29 is 0 Å². The van der Waals surface area contributed by atoms with Gasteiger partial charge in [0.05, 0.1) is 0 Å². The van der Waals surface area contributed by atoms with Crippen molar-refractivity contribution in [3.63, 3.8) is 0 Å². The lowest BCUT2D eigenvalue weighted by atomic mass is 10.1. The van der Waals surface area contributed by atoms with E-state index in [0.717, 1.165) is 21.3 Å². The quantitative estimate of drug-likeness (QED) is 0.894. The van der Waals surface area contributed by atoms with Gasteiger partial charge in [0.2, 0.25) is 0 Å². The minimum atomic E-state index is -0.106. The van der Waals surface area contributed by atoms with Crippen molar-refractivity contribution in [2.45, 2.75) is 13.5 Å². The highest BCUT2D eigenvalue weighted by molar-refractivity contribution is 9.10. The third-order valence-electron chi connectivity index (χ3n) is 2.72. The summed E-state index contributed by atoms with van der Waals surface area (Å²) in [7, 11) is 0. The highest BCUT2D eigenvalue weighted by atomic mass is 79.9. The van der Waals surface area contributed by atoms with E-state index in [1.807, 2.05) is 37.3 Å². The molecule has 0 aliphatic rings. The molecule has 0 saturated heterocycles. The summed E-state index contributed by atoms with van der Waals surface area (Å²) in [4.78, 5) is 14.6. The molecule has 3 nitrogen and oxygen atoms in total. The molecule has 1 aromatic carbocycles. The lowest BCUT2D eigenvalue weighted by molar-refractivity contribution is 0.996. The van der Waals surface area contributed by atoms with Gasteiger partial charge in [0.1, 0.15) is 0 Å². The second-order valence-corrected chi connectivity index (χ2v) is 4.80. The van der Waals surface area contributed by atoms with Gasteiger partial charge in [0.15, 0.2) is 0 Å². The van der Waals surface area contributed by atoms with Crippen LogP contribution in [-0.4, -0.2) is 4.98 Å². The van der Waals surface area contributed by atoms with Gasteiger partial charge in [-0.1, -0.05) is 28.1 Å². The second kappa shape index (κ2) is 4.85. The lowest BCUT2D eigenvalue weighted by Gasteiger charge is -2.06. The Balaban J connectivity index is 2.54. The van der Waals surface area contributed by atoms with E-state index < -0.39 is 0 Å². The van der Waals surface area contributed by atoms with Gasteiger partial charge in [-0.25, -0.2) is 0 Å². The van der Waals surface area contributed by atoms with Crippen LogP contribution < -0.4 is 11.3 Å². The van der Waals surface area contributed by atoms with Gasteiger partial charge in [-0.3, -0.25) is 4.79 Å². The summed E-state index contributed by atoms with van der Waals surface area (Å²) in [6.07, 6.45) is 0. The Hall–Kier alpha value is -1.39. The molecule has 0 aliphatic carbocycles. The first-order valence-corrected chi connectivity index (χ1v) is 6.10. The van der Waals surface area contributed by atoms with Crippen LogP contribution in [0.5, 0.6) is 0 Å². The molecule has 0 atom stereocenters. The molecule has 0 fully saturated rings. The van der Waals surface area contributed by atoms with Crippen molar-refractivity contribution in [2.24, 2.45) is 5.73 Å². The highest BCUT2D eigenvalue weighted by Crippen LogP contribution is 2.20. The third-order valence-corrected chi connectivity index (χ3v) is 3.25. The summed E-state index contributed by atoms with van der Waals surface area (Å²) in [5.74, 6) is 0. The molecule has 0 saturated carbocycles. The zero-order valence-electron chi connectivity index (χ0n) is 9.46. The summed E-state index contributed by atoms with van der Waals surface area (Å²) < 4.78 is 1.01. The van der Waals surface area contributed by atoms with Gasteiger partial charge >= 0.3 is 0 Å². The van der Waals surface area contributed by atoms with E-state index in [0.29, 0.717) is 5.56 Å². The first kappa shape index (κ1) is 12.1. The van der Waals surface area contributed by atoms with Gasteiger partial charge in [0, 0.05) is 22.3 Å². The van der Waals surface area contributed by atoms with Crippen molar-refractivity contribution in [2.75, 3.05) is 0 Å².